The van der Waals surface area contributed by atoms with Gasteiger partial charge in [0, 0.05) is 17.4 Å². The van der Waals surface area contributed by atoms with Gasteiger partial charge >= 0.3 is 11.9 Å². The van der Waals surface area contributed by atoms with Gasteiger partial charge in [0.25, 0.3) is 0 Å². The first kappa shape index (κ1) is 16.0. The summed E-state index contributed by atoms with van der Waals surface area (Å²) in [7, 11) is 1.47. The summed E-state index contributed by atoms with van der Waals surface area (Å²) in [6.07, 6.45) is 0.532. The van der Waals surface area contributed by atoms with E-state index < -0.39 is 11.9 Å². The highest BCUT2D eigenvalue weighted by atomic mass is 16.5. The van der Waals surface area contributed by atoms with E-state index >= 15 is 0 Å². The van der Waals surface area contributed by atoms with Crippen LogP contribution in [0.4, 0.5) is 0 Å². The molecule has 0 atom stereocenters. The van der Waals surface area contributed by atoms with Crippen molar-refractivity contribution in [2.75, 3.05) is 7.11 Å². The molecule has 0 amide bonds. The molecule has 0 bridgehead atoms. The molecule has 0 aromatic heterocycles. The summed E-state index contributed by atoms with van der Waals surface area (Å²) in [6.45, 7) is 0. The second-order valence-corrected chi connectivity index (χ2v) is 5.97. The van der Waals surface area contributed by atoms with E-state index in [9.17, 15) is 19.8 Å². The zero-order valence-corrected chi connectivity index (χ0v) is 13.8. The van der Waals surface area contributed by atoms with Gasteiger partial charge in [0.15, 0.2) is 11.5 Å². The SMILES string of the molecule is COc1cc2c(C(=O)O)c(C(=O)O)ccc2c2c1Oc1ccccc1C2. The van der Waals surface area contributed by atoms with E-state index in [1.807, 2.05) is 24.3 Å². The molecule has 26 heavy (non-hydrogen) atoms. The number of benzene rings is 3. The van der Waals surface area contributed by atoms with Crippen LogP contribution in [0.15, 0.2) is 42.5 Å². The third-order valence-corrected chi connectivity index (χ3v) is 4.56. The van der Waals surface area contributed by atoms with Crippen LogP contribution in [0.1, 0.15) is 31.8 Å². The molecule has 0 aliphatic carbocycles. The highest BCUT2D eigenvalue weighted by Gasteiger charge is 2.27. The summed E-state index contributed by atoms with van der Waals surface area (Å²) in [5, 5.41) is 19.9. The molecular formula is C20H14O6. The molecule has 1 heterocycles. The maximum Gasteiger partial charge on any atom is 0.337 e. The van der Waals surface area contributed by atoms with Crippen LogP contribution in [0, 0.1) is 0 Å². The first-order chi connectivity index (χ1) is 12.5. The monoisotopic (exact) mass is 350 g/mol. The third-order valence-electron chi connectivity index (χ3n) is 4.56. The minimum Gasteiger partial charge on any atom is -0.493 e. The van der Waals surface area contributed by atoms with Crippen molar-refractivity contribution in [1.29, 1.82) is 0 Å². The van der Waals surface area contributed by atoms with Crippen LogP contribution < -0.4 is 9.47 Å². The van der Waals surface area contributed by atoms with Gasteiger partial charge < -0.3 is 19.7 Å². The number of carbonyl (C=O) groups is 2. The summed E-state index contributed by atoms with van der Waals surface area (Å²) in [5.74, 6) is -0.974. The minimum absolute atomic E-state index is 0.255. The second kappa shape index (κ2) is 5.77. The second-order valence-electron chi connectivity index (χ2n) is 5.97. The van der Waals surface area contributed by atoms with Crippen molar-refractivity contribution >= 4 is 22.7 Å². The lowest BCUT2D eigenvalue weighted by Crippen LogP contribution is -2.11. The van der Waals surface area contributed by atoms with Gasteiger partial charge in [-0.05, 0) is 29.1 Å². The molecule has 0 radical (unpaired) electrons. The normalized spacial score (nSPS) is 12.0. The Balaban J connectivity index is 2.07. The van der Waals surface area contributed by atoms with Crippen LogP contribution in [0.2, 0.25) is 0 Å². The minimum atomic E-state index is -1.30. The fourth-order valence-electron chi connectivity index (χ4n) is 3.40. The van der Waals surface area contributed by atoms with E-state index in [1.165, 1.54) is 19.2 Å². The van der Waals surface area contributed by atoms with Crippen LogP contribution in [0.5, 0.6) is 17.2 Å². The summed E-state index contributed by atoms with van der Waals surface area (Å²) < 4.78 is 11.4. The topological polar surface area (TPSA) is 93.1 Å². The zero-order chi connectivity index (χ0) is 18.4. The van der Waals surface area contributed by atoms with Crippen molar-refractivity contribution < 1.29 is 29.3 Å². The summed E-state index contributed by atoms with van der Waals surface area (Å²) in [6, 6.07) is 12.0. The Morgan fingerprint density at radius 1 is 1.04 bits per heavy atom. The van der Waals surface area contributed by atoms with Crippen LogP contribution in [0.3, 0.4) is 0 Å². The largest absolute Gasteiger partial charge is 0.493 e. The number of hydrogen-bond donors (Lipinski definition) is 2. The van der Waals surface area contributed by atoms with Gasteiger partial charge in [0.05, 0.1) is 18.2 Å². The number of fused-ring (bicyclic) bond motifs is 4. The van der Waals surface area contributed by atoms with Crippen molar-refractivity contribution in [2.45, 2.75) is 6.42 Å². The smallest absolute Gasteiger partial charge is 0.337 e. The molecule has 130 valence electrons. The number of para-hydroxylation sites is 1. The van der Waals surface area contributed by atoms with Crippen molar-refractivity contribution in [3.05, 3.63) is 64.7 Å². The molecule has 3 aromatic rings. The Morgan fingerprint density at radius 3 is 2.50 bits per heavy atom. The van der Waals surface area contributed by atoms with Crippen molar-refractivity contribution in [2.24, 2.45) is 0 Å². The van der Waals surface area contributed by atoms with Crippen LogP contribution >= 0.6 is 0 Å². The number of rotatable bonds is 3. The van der Waals surface area contributed by atoms with E-state index in [-0.39, 0.29) is 11.1 Å². The van der Waals surface area contributed by atoms with Crippen molar-refractivity contribution in [3.8, 4) is 17.2 Å². The Bertz CT molecular complexity index is 1080. The molecule has 0 saturated heterocycles. The van der Waals surface area contributed by atoms with Gasteiger partial charge in [0.1, 0.15) is 5.75 Å². The standard InChI is InChI=1S/C20H14O6/c1-25-16-9-13-11(6-7-12(19(21)22)17(13)20(23)24)14-8-10-4-2-3-5-15(10)26-18(14)16/h2-7,9H,8H2,1H3,(H,21,22)(H,23,24). The number of aromatic carboxylic acids is 2. The average molecular weight is 350 g/mol. The third kappa shape index (κ3) is 2.27. The van der Waals surface area contributed by atoms with Crippen LogP contribution in [-0.4, -0.2) is 29.3 Å². The van der Waals surface area contributed by atoms with Gasteiger partial charge in [-0.15, -0.1) is 0 Å². The lowest BCUT2D eigenvalue weighted by Gasteiger charge is -2.24. The van der Waals surface area contributed by atoms with E-state index in [0.29, 0.717) is 28.7 Å². The number of carboxylic acid groups (broad SMARTS) is 2. The quantitative estimate of drug-likeness (QED) is 0.581. The number of ether oxygens (including phenoxy) is 2. The van der Waals surface area contributed by atoms with E-state index in [0.717, 1.165) is 16.9 Å². The van der Waals surface area contributed by atoms with Crippen molar-refractivity contribution in [3.63, 3.8) is 0 Å². The molecule has 0 spiro atoms. The molecule has 1 aliphatic heterocycles. The molecule has 0 fully saturated rings. The van der Waals surface area contributed by atoms with E-state index in [1.54, 1.807) is 6.07 Å². The molecule has 6 nitrogen and oxygen atoms in total. The van der Waals surface area contributed by atoms with Gasteiger partial charge in [-0.1, -0.05) is 24.3 Å². The predicted octanol–water partition coefficient (Wildman–Crippen LogP) is 3.94. The number of carboxylic acids is 2. The lowest BCUT2D eigenvalue weighted by molar-refractivity contribution is 0.0653. The zero-order valence-electron chi connectivity index (χ0n) is 13.8. The summed E-state index contributed by atoms with van der Waals surface area (Å²) in [5.41, 5.74) is 1.23. The van der Waals surface area contributed by atoms with Gasteiger partial charge in [-0.2, -0.15) is 0 Å². The molecule has 0 saturated carbocycles. The average Bonchev–Trinajstić information content (AvgIpc) is 2.64. The van der Waals surface area contributed by atoms with E-state index in [4.69, 9.17) is 9.47 Å². The summed E-state index contributed by atoms with van der Waals surface area (Å²) >= 11 is 0. The number of methoxy groups -OCH3 is 1. The van der Waals surface area contributed by atoms with E-state index in [2.05, 4.69) is 0 Å². The van der Waals surface area contributed by atoms with Gasteiger partial charge in [0.2, 0.25) is 0 Å². The first-order valence-corrected chi connectivity index (χ1v) is 7.90. The van der Waals surface area contributed by atoms with Gasteiger partial charge in [-0.25, -0.2) is 9.59 Å². The molecule has 3 aromatic carbocycles. The Hall–Kier alpha value is -3.54. The maximum atomic E-state index is 11.8. The Kier molecular flexibility index (Phi) is 3.54. The maximum absolute atomic E-state index is 11.8. The predicted molar refractivity (Wildman–Crippen MR) is 93.7 cm³/mol. The first-order valence-electron chi connectivity index (χ1n) is 7.90. The highest BCUT2D eigenvalue weighted by molar-refractivity contribution is 6.13. The molecular weight excluding hydrogens is 336 g/mol. The fourth-order valence-corrected chi connectivity index (χ4v) is 3.40. The Morgan fingerprint density at radius 2 is 1.81 bits per heavy atom. The van der Waals surface area contributed by atoms with Crippen LogP contribution in [0.25, 0.3) is 10.8 Å². The fraction of sp³-hybridized carbons (Fsp3) is 0.100. The molecule has 4 rings (SSSR count). The summed E-state index contributed by atoms with van der Waals surface area (Å²) in [4.78, 5) is 23.2. The molecule has 0 unspecified atom stereocenters. The van der Waals surface area contributed by atoms with Gasteiger partial charge in [-0.3, -0.25) is 0 Å². The molecule has 2 N–H and O–H groups in total. The van der Waals surface area contributed by atoms with Crippen molar-refractivity contribution in [1.82, 2.24) is 0 Å². The number of hydrogen-bond acceptors (Lipinski definition) is 4. The van der Waals surface area contributed by atoms with Crippen LogP contribution in [-0.2, 0) is 6.42 Å². The molecule has 6 heteroatoms. The molecule has 1 aliphatic rings. The highest BCUT2D eigenvalue weighted by Crippen LogP contribution is 2.46. The lowest BCUT2D eigenvalue weighted by atomic mass is 9.90. The Labute approximate surface area is 148 Å².